The zero-order valence-corrected chi connectivity index (χ0v) is 19.6. The van der Waals surface area contributed by atoms with Crippen LogP contribution in [0.3, 0.4) is 0 Å². The molecular weight excluding hydrogens is 422 g/mol. The van der Waals surface area contributed by atoms with Crippen LogP contribution in [0.5, 0.6) is 0 Å². The smallest absolute Gasteiger partial charge is 0.248 e. The zero-order valence-electron chi connectivity index (χ0n) is 18.0. The van der Waals surface area contributed by atoms with E-state index in [2.05, 4.69) is 37.2 Å². The van der Waals surface area contributed by atoms with Crippen molar-refractivity contribution in [2.24, 2.45) is 0 Å². The van der Waals surface area contributed by atoms with Gasteiger partial charge < -0.3 is 9.42 Å². The first-order chi connectivity index (χ1) is 14.2. The molecule has 0 saturated carbocycles. The SMILES string of the molecule is Cc1ccc(SCCC(=O)N2CCCN(S(=O)(=O)c3c(C)noc3C)CC2)cc1C. The molecule has 0 bridgehead atoms. The molecule has 1 aromatic heterocycles. The summed E-state index contributed by atoms with van der Waals surface area (Å²) in [6, 6.07) is 6.33. The highest BCUT2D eigenvalue weighted by Crippen LogP contribution is 2.25. The average Bonchev–Trinajstić information content (AvgIpc) is 2.90. The maximum Gasteiger partial charge on any atom is 0.248 e. The largest absolute Gasteiger partial charge is 0.360 e. The Labute approximate surface area is 182 Å². The van der Waals surface area contributed by atoms with Crippen LogP contribution in [-0.2, 0) is 14.8 Å². The molecule has 3 rings (SSSR count). The molecule has 1 amide bonds. The number of benzene rings is 1. The van der Waals surface area contributed by atoms with Gasteiger partial charge in [-0.15, -0.1) is 11.8 Å². The molecule has 0 spiro atoms. The fraction of sp³-hybridized carbons (Fsp3) is 0.524. The van der Waals surface area contributed by atoms with E-state index in [0.29, 0.717) is 49.7 Å². The quantitative estimate of drug-likeness (QED) is 0.627. The lowest BCUT2D eigenvalue weighted by molar-refractivity contribution is -0.130. The minimum atomic E-state index is -3.68. The summed E-state index contributed by atoms with van der Waals surface area (Å²) in [6.45, 7) is 9.04. The number of nitrogens with zero attached hydrogens (tertiary/aromatic N) is 3. The Morgan fingerprint density at radius 1 is 1.10 bits per heavy atom. The van der Waals surface area contributed by atoms with Gasteiger partial charge in [-0.1, -0.05) is 11.2 Å². The van der Waals surface area contributed by atoms with Gasteiger partial charge in [-0.25, -0.2) is 8.42 Å². The summed E-state index contributed by atoms with van der Waals surface area (Å²) in [5, 5.41) is 3.77. The van der Waals surface area contributed by atoms with Crippen molar-refractivity contribution in [2.75, 3.05) is 31.9 Å². The average molecular weight is 452 g/mol. The Morgan fingerprint density at radius 3 is 2.53 bits per heavy atom. The van der Waals surface area contributed by atoms with E-state index in [4.69, 9.17) is 4.52 Å². The molecule has 0 aliphatic carbocycles. The summed E-state index contributed by atoms with van der Waals surface area (Å²) in [6.07, 6.45) is 1.05. The lowest BCUT2D eigenvalue weighted by Gasteiger charge is -2.22. The third-order valence-electron chi connectivity index (χ3n) is 5.44. The van der Waals surface area contributed by atoms with E-state index in [-0.39, 0.29) is 17.3 Å². The number of rotatable bonds is 6. The second kappa shape index (κ2) is 9.53. The number of carbonyl (C=O) groups excluding carboxylic acids is 1. The second-order valence-corrected chi connectivity index (χ2v) is 10.7. The molecule has 2 aromatic rings. The van der Waals surface area contributed by atoms with Gasteiger partial charge in [0.25, 0.3) is 0 Å². The number of aryl methyl sites for hydroxylation is 4. The van der Waals surface area contributed by atoms with Crippen molar-refractivity contribution < 1.29 is 17.7 Å². The summed E-state index contributed by atoms with van der Waals surface area (Å²) in [7, 11) is -3.68. The van der Waals surface area contributed by atoms with E-state index in [1.165, 1.54) is 20.3 Å². The Hall–Kier alpha value is -1.84. The summed E-state index contributed by atoms with van der Waals surface area (Å²) in [5.74, 6) is 1.08. The Kier molecular flexibility index (Phi) is 7.26. The minimum Gasteiger partial charge on any atom is -0.360 e. The van der Waals surface area contributed by atoms with Crippen molar-refractivity contribution in [1.82, 2.24) is 14.4 Å². The molecular formula is C21H29N3O4S2. The molecule has 0 radical (unpaired) electrons. The van der Waals surface area contributed by atoms with Gasteiger partial charge >= 0.3 is 0 Å². The molecule has 9 heteroatoms. The highest BCUT2D eigenvalue weighted by molar-refractivity contribution is 7.99. The van der Waals surface area contributed by atoms with Crippen LogP contribution in [0.1, 0.15) is 35.4 Å². The van der Waals surface area contributed by atoms with E-state index in [1.54, 1.807) is 30.5 Å². The number of carbonyl (C=O) groups is 1. The van der Waals surface area contributed by atoms with Crippen LogP contribution in [0.15, 0.2) is 32.5 Å². The number of aromatic nitrogens is 1. The lowest BCUT2D eigenvalue weighted by Crippen LogP contribution is -2.37. The first kappa shape index (κ1) is 22.8. The van der Waals surface area contributed by atoms with Crippen molar-refractivity contribution in [1.29, 1.82) is 0 Å². The predicted molar refractivity (Wildman–Crippen MR) is 117 cm³/mol. The number of hydrogen-bond acceptors (Lipinski definition) is 6. The van der Waals surface area contributed by atoms with Crippen LogP contribution in [0.25, 0.3) is 0 Å². The number of hydrogen-bond donors (Lipinski definition) is 0. The summed E-state index contributed by atoms with van der Waals surface area (Å²) in [4.78, 5) is 15.8. The van der Waals surface area contributed by atoms with Crippen molar-refractivity contribution in [3.63, 3.8) is 0 Å². The summed E-state index contributed by atoms with van der Waals surface area (Å²) in [5.41, 5.74) is 2.88. The van der Waals surface area contributed by atoms with Gasteiger partial charge in [-0.05, 0) is 57.4 Å². The third-order valence-corrected chi connectivity index (χ3v) is 8.58. The van der Waals surface area contributed by atoms with Crippen LogP contribution in [-0.4, -0.2) is 60.6 Å². The van der Waals surface area contributed by atoms with Crippen molar-refractivity contribution >= 4 is 27.7 Å². The molecule has 0 N–H and O–H groups in total. The normalized spacial score (nSPS) is 15.9. The molecule has 1 saturated heterocycles. The highest BCUT2D eigenvalue weighted by atomic mass is 32.2. The number of sulfonamides is 1. The fourth-order valence-corrected chi connectivity index (χ4v) is 6.27. The Bertz CT molecular complexity index is 998. The fourth-order valence-electron chi connectivity index (χ4n) is 3.57. The Balaban J connectivity index is 1.55. The minimum absolute atomic E-state index is 0.0721. The van der Waals surface area contributed by atoms with Crippen LogP contribution in [0, 0.1) is 27.7 Å². The molecule has 0 atom stereocenters. The van der Waals surface area contributed by atoms with E-state index in [9.17, 15) is 13.2 Å². The first-order valence-electron chi connectivity index (χ1n) is 10.1. The highest BCUT2D eigenvalue weighted by Gasteiger charge is 2.32. The first-order valence-corrected chi connectivity index (χ1v) is 12.5. The van der Waals surface area contributed by atoms with Crippen LogP contribution in [0.4, 0.5) is 0 Å². The monoisotopic (exact) mass is 451 g/mol. The standard InChI is InChI=1S/C21H29N3O4S2/c1-15-6-7-19(14-16(15)2)29-13-8-20(25)23-9-5-10-24(12-11-23)30(26,27)21-17(3)22-28-18(21)4/h6-7,14H,5,8-13H2,1-4H3. The van der Waals surface area contributed by atoms with E-state index in [1.807, 2.05) is 0 Å². The number of thioether (sulfide) groups is 1. The maximum atomic E-state index is 13.0. The van der Waals surface area contributed by atoms with E-state index in [0.717, 1.165) is 0 Å². The molecule has 2 heterocycles. The van der Waals surface area contributed by atoms with Crippen molar-refractivity contribution in [3.8, 4) is 0 Å². The van der Waals surface area contributed by atoms with Gasteiger partial charge in [-0.2, -0.15) is 4.31 Å². The van der Waals surface area contributed by atoms with Crippen LogP contribution < -0.4 is 0 Å². The third kappa shape index (κ3) is 5.07. The zero-order chi connectivity index (χ0) is 21.9. The molecule has 30 heavy (non-hydrogen) atoms. The topological polar surface area (TPSA) is 83.7 Å². The molecule has 164 valence electrons. The number of amides is 1. The Morgan fingerprint density at radius 2 is 1.87 bits per heavy atom. The van der Waals surface area contributed by atoms with E-state index >= 15 is 0 Å². The lowest BCUT2D eigenvalue weighted by atomic mass is 10.1. The van der Waals surface area contributed by atoms with Crippen LogP contribution in [0.2, 0.25) is 0 Å². The van der Waals surface area contributed by atoms with Gasteiger partial charge in [0.05, 0.1) is 0 Å². The maximum absolute atomic E-state index is 13.0. The molecule has 1 fully saturated rings. The molecule has 1 aromatic carbocycles. The van der Waals surface area contributed by atoms with Gasteiger partial charge in [0.2, 0.25) is 15.9 Å². The van der Waals surface area contributed by atoms with Crippen molar-refractivity contribution in [3.05, 3.63) is 40.8 Å². The molecule has 1 aliphatic heterocycles. The van der Waals surface area contributed by atoms with E-state index < -0.39 is 10.0 Å². The van der Waals surface area contributed by atoms with Gasteiger partial charge in [0.1, 0.15) is 10.6 Å². The van der Waals surface area contributed by atoms with Crippen molar-refractivity contribution in [2.45, 2.75) is 50.3 Å². The van der Waals surface area contributed by atoms with Gasteiger partial charge in [0.15, 0.2) is 5.76 Å². The molecule has 7 nitrogen and oxygen atoms in total. The molecule has 0 unspecified atom stereocenters. The summed E-state index contributed by atoms with van der Waals surface area (Å²) >= 11 is 1.68. The second-order valence-electron chi connectivity index (χ2n) is 7.64. The van der Waals surface area contributed by atoms with Gasteiger partial charge in [-0.3, -0.25) is 4.79 Å². The molecule has 1 aliphatic rings. The summed E-state index contributed by atoms with van der Waals surface area (Å²) < 4.78 is 32.5. The van der Waals surface area contributed by atoms with Crippen LogP contribution >= 0.6 is 11.8 Å². The predicted octanol–water partition coefficient (Wildman–Crippen LogP) is 3.31. The van der Waals surface area contributed by atoms with Gasteiger partial charge in [0, 0.05) is 43.2 Å².